The molecule has 0 spiro atoms. The number of hydrogen-bond donors (Lipinski definition) is 2. The van der Waals surface area contributed by atoms with E-state index in [1.54, 1.807) is 0 Å². The molecule has 1 aromatic carbocycles. The van der Waals surface area contributed by atoms with Crippen LogP contribution in [0.1, 0.15) is 31.0 Å². The Balaban J connectivity index is 2.59. The monoisotopic (exact) mass is 220 g/mol. The maximum Gasteiger partial charge on any atom is 0.241 e. The number of amides is 1. The van der Waals surface area contributed by atoms with Crippen molar-refractivity contribution in [1.82, 2.24) is 5.32 Å². The highest BCUT2D eigenvalue weighted by molar-refractivity contribution is 5.82. The van der Waals surface area contributed by atoms with E-state index in [2.05, 4.69) is 19.2 Å². The van der Waals surface area contributed by atoms with Crippen LogP contribution in [0.2, 0.25) is 0 Å². The van der Waals surface area contributed by atoms with Gasteiger partial charge in [-0.2, -0.15) is 0 Å². The molecule has 0 heterocycles. The summed E-state index contributed by atoms with van der Waals surface area (Å²) in [6.07, 6.45) is 0. The predicted octanol–water partition coefficient (Wildman–Crippen LogP) is 1.77. The topological polar surface area (TPSA) is 55.1 Å². The molecule has 0 aliphatic carbocycles. The van der Waals surface area contributed by atoms with Crippen LogP contribution in [-0.4, -0.2) is 12.5 Å². The van der Waals surface area contributed by atoms with Gasteiger partial charge >= 0.3 is 0 Å². The molecule has 0 fully saturated rings. The van der Waals surface area contributed by atoms with Crippen LogP contribution in [0.4, 0.5) is 0 Å². The van der Waals surface area contributed by atoms with Crippen molar-refractivity contribution in [3.63, 3.8) is 0 Å². The van der Waals surface area contributed by atoms with E-state index in [4.69, 9.17) is 5.73 Å². The lowest BCUT2D eigenvalue weighted by atomic mass is 10.1. The van der Waals surface area contributed by atoms with Crippen molar-refractivity contribution < 1.29 is 4.79 Å². The van der Waals surface area contributed by atoms with E-state index in [1.807, 2.05) is 31.2 Å². The molecule has 3 nitrogen and oxygen atoms in total. The molecule has 0 radical (unpaired) electrons. The fourth-order valence-corrected chi connectivity index (χ4v) is 1.34. The van der Waals surface area contributed by atoms with Gasteiger partial charge in [0.05, 0.1) is 0 Å². The number of carbonyl (C=O) groups is 1. The zero-order valence-corrected chi connectivity index (χ0v) is 10.2. The first-order valence-electron chi connectivity index (χ1n) is 5.60. The summed E-state index contributed by atoms with van der Waals surface area (Å²) in [7, 11) is 0. The van der Waals surface area contributed by atoms with E-state index in [-0.39, 0.29) is 5.91 Å². The van der Waals surface area contributed by atoms with Gasteiger partial charge in [-0.3, -0.25) is 4.79 Å². The van der Waals surface area contributed by atoms with Gasteiger partial charge < -0.3 is 11.1 Å². The summed E-state index contributed by atoms with van der Waals surface area (Å²) < 4.78 is 0. The SMILES string of the molecule is Cc1ccc(C(N)C(=O)NCC(C)C)cc1. The highest BCUT2D eigenvalue weighted by atomic mass is 16.2. The second-order valence-electron chi connectivity index (χ2n) is 4.53. The van der Waals surface area contributed by atoms with Crippen LogP contribution in [0, 0.1) is 12.8 Å². The summed E-state index contributed by atoms with van der Waals surface area (Å²) in [6, 6.07) is 7.15. The van der Waals surface area contributed by atoms with E-state index >= 15 is 0 Å². The van der Waals surface area contributed by atoms with Crippen LogP contribution in [0.15, 0.2) is 24.3 Å². The van der Waals surface area contributed by atoms with Gasteiger partial charge in [-0.15, -0.1) is 0 Å². The largest absolute Gasteiger partial charge is 0.354 e. The minimum atomic E-state index is -0.570. The molecule has 1 unspecified atom stereocenters. The Morgan fingerprint density at radius 2 is 1.88 bits per heavy atom. The number of nitrogens with two attached hydrogens (primary N) is 1. The average molecular weight is 220 g/mol. The van der Waals surface area contributed by atoms with Gasteiger partial charge in [-0.25, -0.2) is 0 Å². The molecule has 16 heavy (non-hydrogen) atoms. The average Bonchev–Trinajstić information content (AvgIpc) is 2.26. The Hall–Kier alpha value is -1.35. The smallest absolute Gasteiger partial charge is 0.241 e. The lowest BCUT2D eigenvalue weighted by molar-refractivity contribution is -0.122. The second-order valence-corrected chi connectivity index (χ2v) is 4.53. The van der Waals surface area contributed by atoms with E-state index in [9.17, 15) is 4.79 Å². The highest BCUT2D eigenvalue weighted by Crippen LogP contribution is 2.11. The second kappa shape index (κ2) is 5.66. The van der Waals surface area contributed by atoms with Crippen molar-refractivity contribution in [3.05, 3.63) is 35.4 Å². The Morgan fingerprint density at radius 1 is 1.31 bits per heavy atom. The molecule has 0 aliphatic heterocycles. The highest BCUT2D eigenvalue weighted by Gasteiger charge is 2.15. The summed E-state index contributed by atoms with van der Waals surface area (Å²) in [5.41, 5.74) is 7.88. The Morgan fingerprint density at radius 3 is 2.38 bits per heavy atom. The van der Waals surface area contributed by atoms with E-state index in [0.717, 1.165) is 5.56 Å². The van der Waals surface area contributed by atoms with Crippen molar-refractivity contribution in [3.8, 4) is 0 Å². The number of benzene rings is 1. The Kier molecular flexibility index (Phi) is 4.50. The molecule has 1 amide bonds. The van der Waals surface area contributed by atoms with Crippen LogP contribution in [0.3, 0.4) is 0 Å². The normalized spacial score (nSPS) is 12.6. The van der Waals surface area contributed by atoms with Crippen LogP contribution in [-0.2, 0) is 4.79 Å². The third-order valence-corrected chi connectivity index (χ3v) is 2.40. The van der Waals surface area contributed by atoms with E-state index in [1.165, 1.54) is 5.56 Å². The predicted molar refractivity (Wildman–Crippen MR) is 66.0 cm³/mol. The summed E-state index contributed by atoms with van der Waals surface area (Å²) in [5.74, 6) is 0.326. The van der Waals surface area contributed by atoms with Gasteiger partial charge in [0.25, 0.3) is 0 Å². The molecular formula is C13H20N2O. The number of nitrogens with one attached hydrogen (secondary N) is 1. The molecule has 0 saturated carbocycles. The van der Waals surface area contributed by atoms with Gasteiger partial charge in [0, 0.05) is 6.54 Å². The minimum absolute atomic E-state index is 0.113. The minimum Gasteiger partial charge on any atom is -0.354 e. The van der Waals surface area contributed by atoms with Crippen molar-refractivity contribution in [2.45, 2.75) is 26.8 Å². The summed E-state index contributed by atoms with van der Waals surface area (Å²) in [6.45, 7) is 6.78. The number of hydrogen-bond acceptors (Lipinski definition) is 2. The molecule has 1 atom stereocenters. The third-order valence-electron chi connectivity index (χ3n) is 2.40. The fourth-order valence-electron chi connectivity index (χ4n) is 1.34. The lowest BCUT2D eigenvalue weighted by Crippen LogP contribution is -2.36. The van der Waals surface area contributed by atoms with Crippen LogP contribution < -0.4 is 11.1 Å². The van der Waals surface area contributed by atoms with Crippen molar-refractivity contribution in [1.29, 1.82) is 0 Å². The third kappa shape index (κ3) is 3.66. The maximum absolute atomic E-state index is 11.7. The molecule has 0 bridgehead atoms. The molecule has 3 N–H and O–H groups in total. The number of aryl methyl sites for hydroxylation is 1. The molecule has 0 saturated heterocycles. The molecular weight excluding hydrogens is 200 g/mol. The first kappa shape index (κ1) is 12.7. The standard InChI is InChI=1S/C13H20N2O/c1-9(2)8-15-13(16)12(14)11-6-4-10(3)5-7-11/h4-7,9,12H,8,14H2,1-3H3,(H,15,16). The lowest BCUT2D eigenvalue weighted by Gasteiger charge is -2.14. The molecule has 88 valence electrons. The van der Waals surface area contributed by atoms with Gasteiger partial charge in [-0.1, -0.05) is 43.7 Å². The molecule has 1 rings (SSSR count). The first-order chi connectivity index (χ1) is 7.50. The summed E-state index contributed by atoms with van der Waals surface area (Å²) in [5, 5.41) is 2.83. The summed E-state index contributed by atoms with van der Waals surface area (Å²) >= 11 is 0. The quantitative estimate of drug-likeness (QED) is 0.812. The van der Waals surface area contributed by atoms with Crippen molar-refractivity contribution in [2.75, 3.05) is 6.54 Å². The van der Waals surface area contributed by atoms with Gasteiger partial charge in [0.2, 0.25) is 5.91 Å². The van der Waals surface area contributed by atoms with Crippen molar-refractivity contribution in [2.24, 2.45) is 11.7 Å². The van der Waals surface area contributed by atoms with E-state index < -0.39 is 6.04 Å². The zero-order valence-electron chi connectivity index (χ0n) is 10.2. The fraction of sp³-hybridized carbons (Fsp3) is 0.462. The van der Waals surface area contributed by atoms with Gasteiger partial charge in [0.15, 0.2) is 0 Å². The zero-order chi connectivity index (χ0) is 12.1. The van der Waals surface area contributed by atoms with E-state index in [0.29, 0.717) is 12.5 Å². The van der Waals surface area contributed by atoms with Crippen molar-refractivity contribution >= 4 is 5.91 Å². The number of rotatable bonds is 4. The molecule has 0 aliphatic rings. The molecule has 3 heteroatoms. The van der Waals surface area contributed by atoms with Gasteiger partial charge in [0.1, 0.15) is 6.04 Å². The molecule has 0 aromatic heterocycles. The van der Waals surface area contributed by atoms with Crippen LogP contribution >= 0.6 is 0 Å². The Bertz CT molecular complexity index is 343. The van der Waals surface area contributed by atoms with Crippen LogP contribution in [0.5, 0.6) is 0 Å². The molecule has 1 aromatic rings. The maximum atomic E-state index is 11.7. The number of carbonyl (C=O) groups excluding carboxylic acids is 1. The first-order valence-corrected chi connectivity index (χ1v) is 5.60. The Labute approximate surface area is 97.0 Å². The summed E-state index contributed by atoms with van der Waals surface area (Å²) in [4.78, 5) is 11.7. The van der Waals surface area contributed by atoms with Crippen LogP contribution in [0.25, 0.3) is 0 Å². The van der Waals surface area contributed by atoms with Gasteiger partial charge in [-0.05, 0) is 18.4 Å².